The Bertz CT molecular complexity index is 712. The smallest absolute Gasteiger partial charge is 0.258 e. The number of aromatic nitrogens is 2. The predicted octanol–water partition coefficient (Wildman–Crippen LogP) is 0.963. The molecule has 7 nitrogen and oxygen atoms in total. The highest BCUT2D eigenvalue weighted by Crippen LogP contribution is 2.25. The number of nitrogens with zero attached hydrogens (tertiary/aromatic N) is 1. The fraction of sp³-hybridized carbons (Fsp3) is 0. The number of hydrogen-bond acceptors (Lipinski definition) is 4. The first kappa shape index (κ1) is 13.5. The van der Waals surface area contributed by atoms with E-state index < -0.39 is 15.9 Å². The van der Waals surface area contributed by atoms with Gasteiger partial charge >= 0.3 is 0 Å². The van der Waals surface area contributed by atoms with Crippen LogP contribution in [0.4, 0.5) is 5.69 Å². The molecule has 1 heterocycles. The molecule has 2 aromatic rings. The molecule has 0 saturated carbocycles. The first-order chi connectivity index (χ1) is 8.88. The molecule has 1 aromatic carbocycles. The fourth-order valence-corrected chi connectivity index (χ4v) is 2.18. The summed E-state index contributed by atoms with van der Waals surface area (Å²) in [5.41, 5.74) is 0.604. The highest BCUT2D eigenvalue weighted by Gasteiger charge is 2.13. The number of amides is 1. The highest BCUT2D eigenvalue weighted by atomic mass is 35.5. The summed E-state index contributed by atoms with van der Waals surface area (Å²) in [5.74, 6) is -0.418. The van der Waals surface area contributed by atoms with Crippen LogP contribution in [-0.2, 0) is 10.0 Å². The van der Waals surface area contributed by atoms with Crippen LogP contribution in [0.3, 0.4) is 0 Å². The van der Waals surface area contributed by atoms with E-state index in [9.17, 15) is 13.2 Å². The third-order valence-corrected chi connectivity index (χ3v) is 3.50. The van der Waals surface area contributed by atoms with Gasteiger partial charge in [-0.1, -0.05) is 11.6 Å². The topological polar surface area (TPSA) is 118 Å². The van der Waals surface area contributed by atoms with E-state index in [1.165, 1.54) is 30.6 Å². The van der Waals surface area contributed by atoms with Gasteiger partial charge in [-0.15, -0.1) is 0 Å². The Hall–Kier alpha value is -1.90. The van der Waals surface area contributed by atoms with Crippen LogP contribution in [0.5, 0.6) is 0 Å². The molecule has 0 fully saturated rings. The number of benzene rings is 1. The van der Waals surface area contributed by atoms with Crippen LogP contribution >= 0.6 is 11.6 Å². The summed E-state index contributed by atoms with van der Waals surface area (Å²) in [7, 11) is -3.83. The molecular weight excluding hydrogens is 292 g/mol. The van der Waals surface area contributed by atoms with Crippen molar-refractivity contribution in [1.82, 2.24) is 10.2 Å². The lowest BCUT2D eigenvalue weighted by Crippen LogP contribution is -2.14. The second kappa shape index (κ2) is 5.00. The van der Waals surface area contributed by atoms with Crippen molar-refractivity contribution in [2.45, 2.75) is 4.90 Å². The van der Waals surface area contributed by atoms with Crippen LogP contribution in [0.15, 0.2) is 35.5 Å². The number of anilines is 1. The van der Waals surface area contributed by atoms with Gasteiger partial charge in [0.1, 0.15) is 0 Å². The molecule has 0 saturated heterocycles. The maximum absolute atomic E-state index is 11.7. The second-order valence-corrected chi connectivity index (χ2v) is 5.60. The minimum Gasteiger partial charge on any atom is -0.321 e. The van der Waals surface area contributed by atoms with E-state index in [1.807, 2.05) is 0 Å². The van der Waals surface area contributed by atoms with Crippen molar-refractivity contribution in [2.75, 3.05) is 5.32 Å². The normalized spacial score (nSPS) is 11.3. The van der Waals surface area contributed by atoms with Crippen molar-refractivity contribution in [3.63, 3.8) is 0 Å². The number of aromatic amines is 1. The summed E-state index contributed by atoms with van der Waals surface area (Å²) in [6.07, 6.45) is 2.77. The minimum atomic E-state index is -3.83. The average Bonchev–Trinajstić information content (AvgIpc) is 2.84. The maximum atomic E-state index is 11.7. The molecule has 100 valence electrons. The first-order valence-corrected chi connectivity index (χ1v) is 6.93. The number of carbonyl (C=O) groups excluding carboxylic acids is 1. The zero-order valence-electron chi connectivity index (χ0n) is 9.42. The van der Waals surface area contributed by atoms with E-state index in [1.54, 1.807) is 0 Å². The number of primary sulfonamides is 1. The third-order valence-electron chi connectivity index (χ3n) is 2.28. The highest BCUT2D eigenvalue weighted by molar-refractivity contribution is 7.89. The van der Waals surface area contributed by atoms with Crippen molar-refractivity contribution < 1.29 is 13.2 Å². The molecule has 4 N–H and O–H groups in total. The van der Waals surface area contributed by atoms with Gasteiger partial charge in [0.2, 0.25) is 10.0 Å². The molecule has 19 heavy (non-hydrogen) atoms. The lowest BCUT2D eigenvalue weighted by atomic mass is 10.3. The third kappa shape index (κ3) is 3.11. The molecule has 1 aromatic heterocycles. The van der Waals surface area contributed by atoms with Crippen molar-refractivity contribution in [2.24, 2.45) is 5.14 Å². The Morgan fingerprint density at radius 1 is 1.42 bits per heavy atom. The maximum Gasteiger partial charge on any atom is 0.258 e. The fourth-order valence-electron chi connectivity index (χ4n) is 1.34. The van der Waals surface area contributed by atoms with Gasteiger partial charge in [-0.2, -0.15) is 5.10 Å². The number of nitrogens with one attached hydrogen (secondary N) is 2. The van der Waals surface area contributed by atoms with Crippen molar-refractivity contribution in [1.29, 1.82) is 0 Å². The van der Waals surface area contributed by atoms with Crippen molar-refractivity contribution in [3.05, 3.63) is 41.2 Å². The van der Waals surface area contributed by atoms with Gasteiger partial charge in [0.05, 0.1) is 27.4 Å². The Morgan fingerprint density at radius 2 is 2.16 bits per heavy atom. The SMILES string of the molecule is NS(=O)(=O)c1ccc(NC(=O)c2cn[nH]c2)c(Cl)c1. The van der Waals surface area contributed by atoms with Crippen LogP contribution in [-0.4, -0.2) is 24.5 Å². The summed E-state index contributed by atoms with van der Waals surface area (Å²) in [6.45, 7) is 0. The molecule has 0 spiro atoms. The number of halogens is 1. The average molecular weight is 301 g/mol. The molecule has 0 aliphatic carbocycles. The van der Waals surface area contributed by atoms with Crippen molar-refractivity contribution in [3.8, 4) is 0 Å². The van der Waals surface area contributed by atoms with E-state index >= 15 is 0 Å². The summed E-state index contributed by atoms with van der Waals surface area (Å²) in [4.78, 5) is 11.6. The molecule has 2 rings (SSSR count). The Labute approximate surface area is 113 Å². The molecule has 0 unspecified atom stereocenters. The molecular formula is C10H9ClN4O3S. The molecule has 0 aliphatic heterocycles. The summed E-state index contributed by atoms with van der Waals surface area (Å²) in [6, 6.07) is 3.79. The van der Waals surface area contributed by atoms with E-state index in [-0.39, 0.29) is 15.6 Å². The number of hydrogen-bond donors (Lipinski definition) is 3. The van der Waals surface area contributed by atoms with Crippen LogP contribution < -0.4 is 10.5 Å². The van der Waals surface area contributed by atoms with Crippen LogP contribution in [0.25, 0.3) is 0 Å². The summed E-state index contributed by atoms with van der Waals surface area (Å²) >= 11 is 5.88. The van der Waals surface area contributed by atoms with Gasteiger partial charge in [0, 0.05) is 6.20 Å². The largest absolute Gasteiger partial charge is 0.321 e. The van der Waals surface area contributed by atoms with E-state index in [4.69, 9.17) is 16.7 Å². The molecule has 0 bridgehead atoms. The van der Waals surface area contributed by atoms with Gasteiger partial charge in [0.15, 0.2) is 0 Å². The first-order valence-electron chi connectivity index (χ1n) is 5.00. The quantitative estimate of drug-likeness (QED) is 0.782. The standard InChI is InChI=1S/C10H9ClN4O3S/c11-8-3-7(19(12,17)18)1-2-9(8)15-10(16)6-4-13-14-5-6/h1-5H,(H,13,14)(H,15,16)(H2,12,17,18). The number of sulfonamides is 1. The summed E-state index contributed by atoms with van der Waals surface area (Å²) < 4.78 is 22.2. The van der Waals surface area contributed by atoms with Crippen molar-refractivity contribution >= 4 is 33.2 Å². The van der Waals surface area contributed by atoms with Crippen LogP contribution in [0.2, 0.25) is 5.02 Å². The number of rotatable bonds is 3. The van der Waals surface area contributed by atoms with Gasteiger partial charge in [-0.3, -0.25) is 9.89 Å². The van der Waals surface area contributed by atoms with Gasteiger partial charge in [0.25, 0.3) is 5.91 Å². The second-order valence-electron chi connectivity index (χ2n) is 3.63. The number of H-pyrrole nitrogens is 1. The van der Waals surface area contributed by atoms with Crippen LogP contribution in [0.1, 0.15) is 10.4 Å². The zero-order chi connectivity index (χ0) is 14.0. The zero-order valence-corrected chi connectivity index (χ0v) is 11.0. The Balaban J connectivity index is 2.25. The Kier molecular flexibility index (Phi) is 3.56. The molecule has 1 amide bonds. The van der Waals surface area contributed by atoms with Gasteiger partial charge < -0.3 is 5.32 Å². The molecule has 0 atom stereocenters. The summed E-state index contributed by atoms with van der Waals surface area (Å²) in [5, 5.41) is 13.7. The van der Waals surface area contributed by atoms with Gasteiger partial charge in [-0.25, -0.2) is 13.6 Å². The van der Waals surface area contributed by atoms with E-state index in [0.717, 1.165) is 0 Å². The van der Waals surface area contributed by atoms with E-state index in [2.05, 4.69) is 15.5 Å². The molecule has 0 radical (unpaired) electrons. The lowest BCUT2D eigenvalue weighted by molar-refractivity contribution is 0.102. The monoisotopic (exact) mass is 300 g/mol. The number of carbonyl (C=O) groups is 1. The molecule has 0 aliphatic rings. The minimum absolute atomic E-state index is 0.0726. The number of nitrogens with two attached hydrogens (primary N) is 1. The van der Waals surface area contributed by atoms with E-state index in [0.29, 0.717) is 5.56 Å². The molecule has 9 heteroatoms. The lowest BCUT2D eigenvalue weighted by Gasteiger charge is -2.07. The van der Waals surface area contributed by atoms with Crippen LogP contribution in [0, 0.1) is 0 Å². The van der Waals surface area contributed by atoms with Gasteiger partial charge in [-0.05, 0) is 18.2 Å². The Morgan fingerprint density at radius 3 is 2.68 bits per heavy atom. The predicted molar refractivity (Wildman–Crippen MR) is 69.4 cm³/mol.